The topological polar surface area (TPSA) is 50.8 Å². The monoisotopic (exact) mass is 378 g/mol. The first-order valence-electron chi connectivity index (χ1n) is 9.45. The van der Waals surface area contributed by atoms with Crippen LogP contribution in [0, 0.1) is 11.8 Å². The van der Waals surface area contributed by atoms with Crippen molar-refractivity contribution in [2.75, 3.05) is 32.8 Å². The highest BCUT2D eigenvalue weighted by Crippen LogP contribution is 2.54. The molecule has 150 valence electrons. The molecule has 3 rings (SSSR count). The number of nitrogens with one attached hydrogen (secondary N) is 1. The zero-order chi connectivity index (χ0) is 19.2. The lowest BCUT2D eigenvalue weighted by molar-refractivity contribution is -0.142. The van der Waals surface area contributed by atoms with Gasteiger partial charge in [-0.2, -0.15) is 13.2 Å². The van der Waals surface area contributed by atoms with Crippen LogP contribution in [0.5, 0.6) is 0 Å². The lowest BCUT2D eigenvalue weighted by atomic mass is 9.73. The number of fused-ring (bicyclic) bond motifs is 1. The number of carbonyl (C=O) groups is 1. The SMILES string of the molecule is CCOC(C)(C)C(=O)NC[C@H]1[C@H]2CN(CCC(F)(F)F)C[C@]23CC[C@H]1O3. The van der Waals surface area contributed by atoms with Gasteiger partial charge in [0.2, 0.25) is 0 Å². The molecular formula is C18H29F3N2O3. The molecule has 8 heteroatoms. The van der Waals surface area contributed by atoms with Gasteiger partial charge in [0.05, 0.1) is 18.1 Å². The Kier molecular flexibility index (Phi) is 5.31. The molecule has 26 heavy (non-hydrogen) atoms. The Morgan fingerprint density at radius 2 is 2.12 bits per heavy atom. The smallest absolute Gasteiger partial charge is 0.370 e. The van der Waals surface area contributed by atoms with Gasteiger partial charge in [0.15, 0.2) is 0 Å². The van der Waals surface area contributed by atoms with E-state index in [1.807, 2.05) is 11.8 Å². The van der Waals surface area contributed by atoms with Crippen molar-refractivity contribution < 1.29 is 27.4 Å². The van der Waals surface area contributed by atoms with Gasteiger partial charge in [0, 0.05) is 44.6 Å². The standard InChI is InChI=1S/C18H29F3N2O3/c1-4-25-16(2,3)15(24)22-9-12-13-10-23(8-7-18(19,20)21)11-17(13)6-5-14(12)26-17/h12-14H,4-11H2,1-3H3,(H,22,24)/t12-,13+,14+,17+/m0/s1. The molecular weight excluding hydrogens is 349 g/mol. The molecule has 0 radical (unpaired) electrons. The molecule has 0 aromatic carbocycles. The maximum absolute atomic E-state index is 12.5. The van der Waals surface area contributed by atoms with Gasteiger partial charge in [-0.25, -0.2) is 0 Å². The van der Waals surface area contributed by atoms with Crippen LogP contribution in [0.15, 0.2) is 0 Å². The summed E-state index contributed by atoms with van der Waals surface area (Å²) in [4.78, 5) is 14.2. The largest absolute Gasteiger partial charge is 0.390 e. The van der Waals surface area contributed by atoms with Gasteiger partial charge in [-0.15, -0.1) is 0 Å². The highest BCUT2D eigenvalue weighted by molar-refractivity contribution is 5.84. The number of amides is 1. The van der Waals surface area contributed by atoms with Gasteiger partial charge < -0.3 is 14.8 Å². The molecule has 3 fully saturated rings. The predicted molar refractivity (Wildman–Crippen MR) is 89.6 cm³/mol. The van der Waals surface area contributed by atoms with Crippen LogP contribution in [0.3, 0.4) is 0 Å². The minimum Gasteiger partial charge on any atom is -0.370 e. The van der Waals surface area contributed by atoms with Crippen LogP contribution in [0.1, 0.15) is 40.0 Å². The number of hydrogen-bond acceptors (Lipinski definition) is 4. The van der Waals surface area contributed by atoms with Crippen LogP contribution in [0.4, 0.5) is 13.2 Å². The summed E-state index contributed by atoms with van der Waals surface area (Å²) in [7, 11) is 0. The molecule has 4 atom stereocenters. The van der Waals surface area contributed by atoms with Crippen LogP contribution in [-0.2, 0) is 14.3 Å². The summed E-state index contributed by atoms with van der Waals surface area (Å²) in [5.41, 5.74) is -1.21. The van der Waals surface area contributed by atoms with Crippen molar-refractivity contribution in [1.82, 2.24) is 10.2 Å². The molecule has 1 amide bonds. The van der Waals surface area contributed by atoms with Gasteiger partial charge in [0.1, 0.15) is 5.60 Å². The first kappa shape index (κ1) is 19.9. The first-order valence-corrected chi connectivity index (χ1v) is 9.45. The fourth-order valence-electron chi connectivity index (χ4n) is 4.86. The third kappa shape index (κ3) is 3.87. The number of likely N-dealkylation sites (tertiary alicyclic amines) is 1. The van der Waals surface area contributed by atoms with Crippen molar-refractivity contribution in [2.24, 2.45) is 11.8 Å². The van der Waals surface area contributed by atoms with Crippen molar-refractivity contribution in [3.63, 3.8) is 0 Å². The second-order valence-electron chi connectivity index (χ2n) is 8.28. The van der Waals surface area contributed by atoms with Crippen molar-refractivity contribution in [1.29, 1.82) is 0 Å². The molecule has 0 saturated carbocycles. The second-order valence-corrected chi connectivity index (χ2v) is 8.28. The molecule has 0 unspecified atom stereocenters. The van der Waals surface area contributed by atoms with Crippen LogP contribution in [0.25, 0.3) is 0 Å². The minimum absolute atomic E-state index is 0.0201. The van der Waals surface area contributed by atoms with Gasteiger partial charge >= 0.3 is 6.18 Å². The molecule has 1 spiro atoms. The summed E-state index contributed by atoms with van der Waals surface area (Å²) >= 11 is 0. The van der Waals surface area contributed by atoms with E-state index in [2.05, 4.69) is 5.32 Å². The Labute approximate surface area is 152 Å². The van der Waals surface area contributed by atoms with E-state index in [9.17, 15) is 18.0 Å². The molecule has 0 aromatic heterocycles. The summed E-state index contributed by atoms with van der Waals surface area (Å²) in [6, 6.07) is 0. The molecule has 3 heterocycles. The van der Waals surface area contributed by atoms with E-state index in [0.717, 1.165) is 12.8 Å². The molecule has 5 nitrogen and oxygen atoms in total. The first-order chi connectivity index (χ1) is 12.1. The van der Waals surface area contributed by atoms with Crippen molar-refractivity contribution >= 4 is 5.91 Å². The summed E-state index contributed by atoms with van der Waals surface area (Å²) in [5.74, 6) is 0.175. The predicted octanol–water partition coefficient (Wildman–Crippen LogP) is 2.35. The minimum atomic E-state index is -4.13. The fourth-order valence-corrected chi connectivity index (χ4v) is 4.86. The summed E-state index contributed by atoms with van der Waals surface area (Å²) in [5, 5.41) is 2.97. The summed E-state index contributed by atoms with van der Waals surface area (Å²) in [6.07, 6.45) is -3.01. The highest BCUT2D eigenvalue weighted by Gasteiger charge is 2.62. The van der Waals surface area contributed by atoms with Crippen LogP contribution in [-0.4, -0.2) is 67.1 Å². The van der Waals surface area contributed by atoms with Crippen LogP contribution in [0.2, 0.25) is 0 Å². The van der Waals surface area contributed by atoms with E-state index in [-0.39, 0.29) is 36.0 Å². The van der Waals surface area contributed by atoms with Crippen molar-refractivity contribution in [3.05, 3.63) is 0 Å². The zero-order valence-corrected chi connectivity index (χ0v) is 15.7. The van der Waals surface area contributed by atoms with E-state index in [4.69, 9.17) is 9.47 Å². The Morgan fingerprint density at radius 3 is 2.77 bits per heavy atom. The average molecular weight is 378 g/mol. The quantitative estimate of drug-likeness (QED) is 0.739. The summed E-state index contributed by atoms with van der Waals surface area (Å²) < 4.78 is 49.3. The lowest BCUT2D eigenvalue weighted by Crippen LogP contribution is -2.48. The molecule has 3 aliphatic heterocycles. The maximum Gasteiger partial charge on any atom is 0.390 e. The van der Waals surface area contributed by atoms with E-state index in [0.29, 0.717) is 26.2 Å². The van der Waals surface area contributed by atoms with Crippen LogP contribution >= 0.6 is 0 Å². The lowest BCUT2D eigenvalue weighted by Gasteiger charge is -2.31. The highest BCUT2D eigenvalue weighted by atomic mass is 19.4. The molecule has 0 aromatic rings. The Balaban J connectivity index is 1.58. The van der Waals surface area contributed by atoms with Gasteiger partial charge in [-0.05, 0) is 33.6 Å². The number of hydrogen-bond donors (Lipinski definition) is 1. The normalized spacial score (nSPS) is 34.3. The molecule has 3 saturated heterocycles. The number of rotatable bonds is 7. The maximum atomic E-state index is 12.5. The molecule has 3 aliphatic rings. The number of ether oxygens (including phenoxy) is 2. The van der Waals surface area contributed by atoms with E-state index in [1.54, 1.807) is 13.8 Å². The fraction of sp³-hybridized carbons (Fsp3) is 0.944. The molecule has 1 N–H and O–H groups in total. The van der Waals surface area contributed by atoms with E-state index < -0.39 is 18.2 Å². The third-order valence-corrected chi connectivity index (χ3v) is 6.12. The van der Waals surface area contributed by atoms with Crippen LogP contribution < -0.4 is 5.32 Å². The van der Waals surface area contributed by atoms with Crippen molar-refractivity contribution in [2.45, 2.75) is 63.5 Å². The third-order valence-electron chi connectivity index (χ3n) is 6.12. The van der Waals surface area contributed by atoms with Gasteiger partial charge in [-0.3, -0.25) is 9.69 Å². The number of carbonyl (C=O) groups excluding carboxylic acids is 1. The second kappa shape index (κ2) is 6.95. The summed E-state index contributed by atoms with van der Waals surface area (Å²) in [6.45, 7) is 7.46. The van der Waals surface area contributed by atoms with E-state index >= 15 is 0 Å². The average Bonchev–Trinajstić information content (AvgIpc) is 3.17. The molecule has 2 bridgehead atoms. The number of alkyl halides is 3. The number of halogens is 3. The van der Waals surface area contributed by atoms with Gasteiger partial charge in [-0.1, -0.05) is 0 Å². The Morgan fingerprint density at radius 1 is 1.38 bits per heavy atom. The number of nitrogens with zero attached hydrogens (tertiary/aromatic N) is 1. The Bertz CT molecular complexity index is 540. The Hall–Kier alpha value is -0.860. The van der Waals surface area contributed by atoms with Crippen molar-refractivity contribution in [3.8, 4) is 0 Å². The van der Waals surface area contributed by atoms with E-state index in [1.165, 1.54) is 0 Å². The van der Waals surface area contributed by atoms with Gasteiger partial charge in [0.25, 0.3) is 5.91 Å². The zero-order valence-electron chi connectivity index (χ0n) is 15.7. The molecule has 0 aliphatic carbocycles.